The molecule has 2 heterocycles. The number of halogens is 1. The zero-order chi connectivity index (χ0) is 16.4. The van der Waals surface area contributed by atoms with Crippen LogP contribution in [0.1, 0.15) is 24.1 Å². The molecule has 3 rings (SSSR count). The Hall–Kier alpha value is -1.43. The van der Waals surface area contributed by atoms with Crippen molar-refractivity contribution >= 4 is 10.9 Å². The number of nitrogens with zero attached hydrogens (tertiary/aromatic N) is 1. The van der Waals surface area contributed by atoms with Crippen molar-refractivity contribution in [3.05, 3.63) is 35.3 Å². The highest BCUT2D eigenvalue weighted by Gasteiger charge is 2.17. The number of nitrogens with one attached hydrogen (secondary N) is 1. The second-order valence-electron chi connectivity index (χ2n) is 6.43. The number of hydrogen-bond donors (Lipinski definition) is 2. The van der Waals surface area contributed by atoms with E-state index in [4.69, 9.17) is 4.74 Å². The number of ether oxygens (including phenoxy) is 1. The lowest BCUT2D eigenvalue weighted by atomic mass is 10.1. The van der Waals surface area contributed by atoms with E-state index in [1.807, 2.05) is 13.8 Å². The molecule has 0 amide bonds. The van der Waals surface area contributed by atoms with Gasteiger partial charge in [0, 0.05) is 36.3 Å². The zero-order valence-electron chi connectivity index (χ0n) is 13.8. The highest BCUT2D eigenvalue weighted by molar-refractivity contribution is 5.85. The van der Waals surface area contributed by atoms with Crippen molar-refractivity contribution in [2.45, 2.75) is 45.4 Å². The van der Waals surface area contributed by atoms with Gasteiger partial charge in [-0.1, -0.05) is 0 Å². The highest BCUT2D eigenvalue weighted by Crippen LogP contribution is 2.26. The van der Waals surface area contributed by atoms with Gasteiger partial charge in [0.2, 0.25) is 0 Å². The van der Waals surface area contributed by atoms with Crippen LogP contribution in [-0.2, 0) is 11.3 Å². The maximum atomic E-state index is 13.5. The molecule has 1 aliphatic heterocycles. The summed E-state index contributed by atoms with van der Waals surface area (Å²) in [6, 6.07) is 4.83. The van der Waals surface area contributed by atoms with Gasteiger partial charge in [-0.25, -0.2) is 4.39 Å². The van der Waals surface area contributed by atoms with E-state index in [9.17, 15) is 9.50 Å². The SMILES string of the molecule is Cc1c(C)n(CC(O)CNCC2CCCO2)c2ccc(F)cc12. The van der Waals surface area contributed by atoms with Gasteiger partial charge in [-0.15, -0.1) is 0 Å². The summed E-state index contributed by atoms with van der Waals surface area (Å²) >= 11 is 0. The maximum absolute atomic E-state index is 13.5. The number of aliphatic hydroxyl groups excluding tert-OH is 1. The number of fused-ring (bicyclic) bond motifs is 1. The van der Waals surface area contributed by atoms with Crippen LogP contribution in [-0.4, -0.2) is 41.6 Å². The summed E-state index contributed by atoms with van der Waals surface area (Å²) in [6.45, 7) is 6.67. The Balaban J connectivity index is 1.64. The quantitative estimate of drug-likeness (QED) is 0.860. The Bertz CT molecular complexity index is 677. The summed E-state index contributed by atoms with van der Waals surface area (Å²) in [5, 5.41) is 14.5. The average molecular weight is 320 g/mol. The van der Waals surface area contributed by atoms with E-state index in [0.29, 0.717) is 13.1 Å². The summed E-state index contributed by atoms with van der Waals surface area (Å²) in [7, 11) is 0. The first-order chi connectivity index (χ1) is 11.1. The predicted molar refractivity (Wildman–Crippen MR) is 89.2 cm³/mol. The largest absolute Gasteiger partial charge is 0.390 e. The van der Waals surface area contributed by atoms with Crippen LogP contribution in [0, 0.1) is 19.7 Å². The van der Waals surface area contributed by atoms with Gasteiger partial charge >= 0.3 is 0 Å². The first-order valence-corrected chi connectivity index (χ1v) is 8.31. The van der Waals surface area contributed by atoms with Gasteiger partial charge in [-0.05, 0) is 50.5 Å². The molecule has 0 radical (unpaired) electrons. The molecule has 126 valence electrons. The standard InChI is InChI=1S/C18H25FN2O2/c1-12-13(2)21(18-6-5-14(19)8-17(12)18)11-15(22)9-20-10-16-4-3-7-23-16/h5-6,8,15-16,20,22H,3-4,7,9-11H2,1-2H3. The van der Waals surface area contributed by atoms with Crippen LogP contribution < -0.4 is 5.32 Å². The minimum Gasteiger partial charge on any atom is -0.390 e. The van der Waals surface area contributed by atoms with Crippen molar-refractivity contribution < 1.29 is 14.2 Å². The Kier molecular flexibility index (Phi) is 4.99. The third kappa shape index (κ3) is 3.57. The van der Waals surface area contributed by atoms with Crippen LogP contribution in [0.5, 0.6) is 0 Å². The van der Waals surface area contributed by atoms with Crippen LogP contribution in [0.3, 0.4) is 0 Å². The van der Waals surface area contributed by atoms with Crippen LogP contribution in [0.2, 0.25) is 0 Å². The van der Waals surface area contributed by atoms with Gasteiger partial charge in [-0.3, -0.25) is 0 Å². The number of aliphatic hydroxyl groups is 1. The topological polar surface area (TPSA) is 46.4 Å². The molecule has 0 aliphatic carbocycles. The van der Waals surface area contributed by atoms with Crippen LogP contribution in [0.15, 0.2) is 18.2 Å². The predicted octanol–water partition coefficient (Wildman–Crippen LogP) is 2.53. The second-order valence-corrected chi connectivity index (χ2v) is 6.43. The fourth-order valence-electron chi connectivity index (χ4n) is 3.35. The molecule has 1 aromatic heterocycles. The maximum Gasteiger partial charge on any atom is 0.123 e. The molecule has 0 spiro atoms. The smallest absolute Gasteiger partial charge is 0.123 e. The van der Waals surface area contributed by atoms with E-state index in [1.165, 1.54) is 6.07 Å². The average Bonchev–Trinajstić information content (AvgIpc) is 3.11. The second kappa shape index (κ2) is 6.99. The molecule has 2 atom stereocenters. The van der Waals surface area contributed by atoms with Crippen LogP contribution >= 0.6 is 0 Å². The Morgan fingerprint density at radius 1 is 1.43 bits per heavy atom. The zero-order valence-corrected chi connectivity index (χ0v) is 13.8. The molecule has 1 saturated heterocycles. The molecule has 4 nitrogen and oxygen atoms in total. The van der Waals surface area contributed by atoms with Crippen molar-refractivity contribution in [3.8, 4) is 0 Å². The minimum atomic E-state index is -0.491. The number of aryl methyl sites for hydroxylation is 1. The fraction of sp³-hybridized carbons (Fsp3) is 0.556. The van der Waals surface area contributed by atoms with E-state index in [2.05, 4.69) is 9.88 Å². The van der Waals surface area contributed by atoms with Gasteiger partial charge in [0.05, 0.1) is 18.8 Å². The normalized spacial score (nSPS) is 19.6. The summed E-state index contributed by atoms with van der Waals surface area (Å²) < 4.78 is 21.1. The Labute approximate surface area is 136 Å². The Morgan fingerprint density at radius 3 is 3.00 bits per heavy atom. The molecule has 1 aliphatic rings. The van der Waals surface area contributed by atoms with E-state index in [1.54, 1.807) is 12.1 Å². The lowest BCUT2D eigenvalue weighted by molar-refractivity contribution is 0.101. The number of rotatable bonds is 6. The lowest BCUT2D eigenvalue weighted by Gasteiger charge is -2.17. The number of benzene rings is 1. The van der Waals surface area contributed by atoms with Crippen molar-refractivity contribution in [1.82, 2.24) is 9.88 Å². The lowest BCUT2D eigenvalue weighted by Crippen LogP contribution is -2.35. The minimum absolute atomic E-state index is 0.225. The Morgan fingerprint density at radius 2 is 2.26 bits per heavy atom. The van der Waals surface area contributed by atoms with Crippen molar-refractivity contribution in [3.63, 3.8) is 0 Å². The van der Waals surface area contributed by atoms with Crippen molar-refractivity contribution in [2.24, 2.45) is 0 Å². The van der Waals surface area contributed by atoms with Crippen molar-refractivity contribution in [1.29, 1.82) is 0 Å². The first kappa shape index (κ1) is 16.4. The molecular weight excluding hydrogens is 295 g/mol. The molecule has 2 N–H and O–H groups in total. The molecular formula is C18H25FN2O2. The molecule has 2 unspecified atom stereocenters. The molecule has 1 fully saturated rings. The molecule has 0 saturated carbocycles. The number of hydrogen-bond acceptors (Lipinski definition) is 3. The summed E-state index contributed by atoms with van der Waals surface area (Å²) in [6.07, 6.45) is 2.01. The number of aromatic nitrogens is 1. The molecule has 1 aromatic carbocycles. The highest BCUT2D eigenvalue weighted by atomic mass is 19.1. The van der Waals surface area contributed by atoms with Gasteiger partial charge in [-0.2, -0.15) is 0 Å². The molecule has 23 heavy (non-hydrogen) atoms. The molecule has 0 bridgehead atoms. The van der Waals surface area contributed by atoms with E-state index in [-0.39, 0.29) is 11.9 Å². The third-order valence-electron chi connectivity index (χ3n) is 4.77. The van der Waals surface area contributed by atoms with Crippen molar-refractivity contribution in [2.75, 3.05) is 19.7 Å². The van der Waals surface area contributed by atoms with Crippen LogP contribution in [0.4, 0.5) is 4.39 Å². The summed E-state index contributed by atoms with van der Waals surface area (Å²) in [5.74, 6) is -0.225. The van der Waals surface area contributed by atoms with E-state index >= 15 is 0 Å². The molecule has 2 aromatic rings. The summed E-state index contributed by atoms with van der Waals surface area (Å²) in [4.78, 5) is 0. The first-order valence-electron chi connectivity index (χ1n) is 8.31. The van der Waals surface area contributed by atoms with E-state index in [0.717, 1.165) is 48.2 Å². The molecule has 5 heteroatoms. The van der Waals surface area contributed by atoms with Gasteiger partial charge in [0.25, 0.3) is 0 Å². The van der Waals surface area contributed by atoms with Gasteiger partial charge in [0.15, 0.2) is 0 Å². The third-order valence-corrected chi connectivity index (χ3v) is 4.77. The van der Waals surface area contributed by atoms with E-state index < -0.39 is 6.10 Å². The van der Waals surface area contributed by atoms with Crippen LogP contribution in [0.25, 0.3) is 10.9 Å². The van der Waals surface area contributed by atoms with Gasteiger partial charge in [0.1, 0.15) is 5.82 Å². The van der Waals surface area contributed by atoms with Gasteiger partial charge < -0.3 is 19.7 Å². The summed E-state index contributed by atoms with van der Waals surface area (Å²) in [5.41, 5.74) is 3.11. The monoisotopic (exact) mass is 320 g/mol. The fourth-order valence-corrected chi connectivity index (χ4v) is 3.35.